The van der Waals surface area contributed by atoms with Crippen molar-refractivity contribution in [2.75, 3.05) is 6.61 Å². The van der Waals surface area contributed by atoms with E-state index in [9.17, 15) is 14.4 Å². The SMILES string of the molecule is CC1=C(OCC(=O)c2ccc(Cl)cc2)c2ccccc2C(=O)C1=O. The molecule has 1 aliphatic rings. The van der Waals surface area contributed by atoms with Crippen LogP contribution in [0.4, 0.5) is 0 Å². The van der Waals surface area contributed by atoms with E-state index in [0.29, 0.717) is 21.7 Å². The van der Waals surface area contributed by atoms with Crippen molar-refractivity contribution in [1.29, 1.82) is 0 Å². The fourth-order valence-corrected chi connectivity index (χ4v) is 2.65. The molecule has 0 atom stereocenters. The van der Waals surface area contributed by atoms with Gasteiger partial charge in [0.15, 0.2) is 12.4 Å². The van der Waals surface area contributed by atoms with Crippen LogP contribution in [0.25, 0.3) is 5.76 Å². The molecule has 0 bridgehead atoms. The number of halogens is 1. The Kier molecular flexibility index (Phi) is 4.32. The molecule has 0 unspecified atom stereocenters. The van der Waals surface area contributed by atoms with E-state index >= 15 is 0 Å². The van der Waals surface area contributed by atoms with Gasteiger partial charge in [-0.25, -0.2) is 0 Å². The molecule has 4 nitrogen and oxygen atoms in total. The Balaban J connectivity index is 1.86. The molecule has 2 aromatic carbocycles. The average Bonchev–Trinajstić information content (AvgIpc) is 2.60. The summed E-state index contributed by atoms with van der Waals surface area (Å²) in [5, 5.41) is 0.538. The van der Waals surface area contributed by atoms with E-state index < -0.39 is 11.6 Å². The highest BCUT2D eigenvalue weighted by Crippen LogP contribution is 2.30. The van der Waals surface area contributed by atoms with Crippen molar-refractivity contribution in [3.63, 3.8) is 0 Å². The topological polar surface area (TPSA) is 60.4 Å². The lowest BCUT2D eigenvalue weighted by Crippen LogP contribution is -2.24. The van der Waals surface area contributed by atoms with Crippen LogP contribution in [-0.4, -0.2) is 24.0 Å². The van der Waals surface area contributed by atoms with Crippen molar-refractivity contribution in [2.24, 2.45) is 0 Å². The largest absolute Gasteiger partial charge is 0.484 e. The first-order chi connectivity index (χ1) is 11.5. The van der Waals surface area contributed by atoms with Crippen molar-refractivity contribution >= 4 is 34.7 Å². The fourth-order valence-electron chi connectivity index (χ4n) is 2.52. The first kappa shape index (κ1) is 16.1. The zero-order chi connectivity index (χ0) is 17.3. The normalized spacial score (nSPS) is 13.8. The summed E-state index contributed by atoms with van der Waals surface area (Å²) in [6, 6.07) is 13.2. The van der Waals surface area contributed by atoms with E-state index in [0.717, 1.165) is 0 Å². The first-order valence-electron chi connectivity index (χ1n) is 7.30. The number of carbonyl (C=O) groups is 3. The quantitative estimate of drug-likeness (QED) is 0.628. The Labute approximate surface area is 143 Å². The van der Waals surface area contributed by atoms with Crippen LogP contribution in [-0.2, 0) is 9.53 Å². The lowest BCUT2D eigenvalue weighted by molar-refractivity contribution is -0.111. The number of allylic oxidation sites excluding steroid dienone is 1. The number of hydrogen-bond donors (Lipinski definition) is 0. The monoisotopic (exact) mass is 340 g/mol. The van der Waals surface area contributed by atoms with Crippen LogP contribution in [0.1, 0.15) is 33.2 Å². The summed E-state index contributed by atoms with van der Waals surface area (Å²) in [7, 11) is 0. The average molecular weight is 341 g/mol. The zero-order valence-corrected chi connectivity index (χ0v) is 13.6. The maximum Gasteiger partial charge on any atom is 0.234 e. The second kappa shape index (κ2) is 6.42. The second-order valence-electron chi connectivity index (χ2n) is 5.38. The van der Waals surface area contributed by atoms with Crippen LogP contribution >= 0.6 is 11.6 Å². The van der Waals surface area contributed by atoms with Crippen molar-refractivity contribution in [1.82, 2.24) is 0 Å². The number of fused-ring (bicyclic) bond motifs is 1. The van der Waals surface area contributed by atoms with Crippen molar-refractivity contribution in [3.05, 3.63) is 75.8 Å². The zero-order valence-electron chi connectivity index (χ0n) is 12.8. The molecule has 2 aromatic rings. The van der Waals surface area contributed by atoms with Gasteiger partial charge in [0.1, 0.15) is 5.76 Å². The lowest BCUT2D eigenvalue weighted by atomic mass is 9.89. The lowest BCUT2D eigenvalue weighted by Gasteiger charge is -2.19. The van der Waals surface area contributed by atoms with Gasteiger partial charge in [-0.3, -0.25) is 14.4 Å². The third-order valence-corrected chi connectivity index (χ3v) is 4.07. The summed E-state index contributed by atoms with van der Waals surface area (Å²) in [6.07, 6.45) is 0. The number of rotatable bonds is 4. The Bertz CT molecular complexity index is 878. The van der Waals surface area contributed by atoms with E-state index in [4.69, 9.17) is 16.3 Å². The van der Waals surface area contributed by atoms with Gasteiger partial charge in [-0.1, -0.05) is 35.9 Å². The Hall–Kier alpha value is -2.72. The Morgan fingerprint density at radius 2 is 1.58 bits per heavy atom. The second-order valence-corrected chi connectivity index (χ2v) is 5.81. The summed E-state index contributed by atoms with van der Waals surface area (Å²) >= 11 is 5.80. The molecule has 5 heteroatoms. The summed E-state index contributed by atoms with van der Waals surface area (Å²) < 4.78 is 5.61. The number of hydrogen-bond acceptors (Lipinski definition) is 4. The van der Waals surface area contributed by atoms with Crippen LogP contribution < -0.4 is 0 Å². The molecule has 3 rings (SSSR count). The molecule has 0 amide bonds. The molecule has 0 aliphatic heterocycles. The number of Topliss-reactive ketones (excluding diaryl/α,β-unsaturated/α-hetero) is 3. The molecule has 24 heavy (non-hydrogen) atoms. The highest BCUT2D eigenvalue weighted by atomic mass is 35.5. The van der Waals surface area contributed by atoms with Gasteiger partial charge in [0, 0.05) is 27.3 Å². The van der Waals surface area contributed by atoms with E-state index in [-0.39, 0.29) is 23.7 Å². The fraction of sp³-hybridized carbons (Fsp3) is 0.105. The predicted molar refractivity (Wildman–Crippen MR) is 90.1 cm³/mol. The Morgan fingerprint density at radius 3 is 2.25 bits per heavy atom. The molecule has 0 aromatic heterocycles. The third-order valence-electron chi connectivity index (χ3n) is 3.82. The van der Waals surface area contributed by atoms with Gasteiger partial charge in [-0.05, 0) is 31.2 Å². The predicted octanol–water partition coefficient (Wildman–Crippen LogP) is 3.74. The highest BCUT2D eigenvalue weighted by Gasteiger charge is 2.31. The molecule has 0 N–H and O–H groups in total. The summed E-state index contributed by atoms with van der Waals surface area (Å²) in [6.45, 7) is 1.29. The number of carbonyl (C=O) groups excluding carboxylic acids is 3. The molecule has 0 heterocycles. The van der Waals surface area contributed by atoms with Gasteiger partial charge < -0.3 is 4.74 Å². The maximum atomic E-state index is 12.2. The first-order valence-corrected chi connectivity index (χ1v) is 7.67. The van der Waals surface area contributed by atoms with E-state index in [2.05, 4.69) is 0 Å². The maximum absolute atomic E-state index is 12.2. The van der Waals surface area contributed by atoms with Gasteiger partial charge in [0.05, 0.1) is 0 Å². The molecule has 0 saturated heterocycles. The molecule has 0 fully saturated rings. The van der Waals surface area contributed by atoms with Gasteiger partial charge in [0.25, 0.3) is 0 Å². The van der Waals surface area contributed by atoms with E-state index in [1.807, 2.05) is 0 Å². The van der Waals surface area contributed by atoms with Gasteiger partial charge in [0.2, 0.25) is 11.6 Å². The minimum absolute atomic E-state index is 0.211. The molecule has 120 valence electrons. The molecule has 0 saturated carbocycles. The van der Waals surface area contributed by atoms with Crippen molar-refractivity contribution < 1.29 is 19.1 Å². The standard InChI is InChI=1S/C19H13ClO4/c1-11-17(22)18(23)14-4-2-3-5-15(14)19(11)24-10-16(21)12-6-8-13(20)9-7-12/h2-9H,10H2,1H3. The minimum atomic E-state index is -0.609. The molecule has 1 aliphatic carbocycles. The summed E-state index contributed by atoms with van der Waals surface area (Å²) in [4.78, 5) is 36.3. The van der Waals surface area contributed by atoms with E-state index in [1.165, 1.54) is 6.92 Å². The van der Waals surface area contributed by atoms with Gasteiger partial charge >= 0.3 is 0 Å². The van der Waals surface area contributed by atoms with Crippen LogP contribution in [0.15, 0.2) is 54.1 Å². The number of benzene rings is 2. The minimum Gasteiger partial charge on any atom is -0.484 e. The highest BCUT2D eigenvalue weighted by molar-refractivity contribution is 6.52. The van der Waals surface area contributed by atoms with Crippen molar-refractivity contribution in [2.45, 2.75) is 6.92 Å². The summed E-state index contributed by atoms with van der Waals surface area (Å²) in [5.41, 5.74) is 1.50. The van der Waals surface area contributed by atoms with Crippen LogP contribution in [0.5, 0.6) is 0 Å². The molecular formula is C19H13ClO4. The third kappa shape index (κ3) is 2.88. The van der Waals surface area contributed by atoms with Crippen molar-refractivity contribution in [3.8, 4) is 0 Å². The smallest absolute Gasteiger partial charge is 0.234 e. The summed E-state index contributed by atoms with van der Waals surface area (Å²) in [5.74, 6) is -1.13. The van der Waals surface area contributed by atoms with Gasteiger partial charge in [-0.15, -0.1) is 0 Å². The van der Waals surface area contributed by atoms with Crippen LogP contribution in [0.3, 0.4) is 0 Å². The number of ether oxygens (including phenoxy) is 1. The van der Waals surface area contributed by atoms with E-state index in [1.54, 1.807) is 48.5 Å². The Morgan fingerprint density at radius 1 is 0.958 bits per heavy atom. The molecule has 0 spiro atoms. The molecule has 0 radical (unpaired) electrons. The van der Waals surface area contributed by atoms with Crippen LogP contribution in [0.2, 0.25) is 5.02 Å². The van der Waals surface area contributed by atoms with Gasteiger partial charge in [-0.2, -0.15) is 0 Å². The van der Waals surface area contributed by atoms with Crippen LogP contribution in [0, 0.1) is 0 Å². The molecular weight excluding hydrogens is 328 g/mol. The number of ketones is 3.